The molecule has 0 saturated carbocycles. The van der Waals surface area contributed by atoms with E-state index >= 15 is 0 Å². The minimum absolute atomic E-state index is 0.455. The van der Waals surface area contributed by atoms with Gasteiger partial charge in [0.25, 0.3) is 0 Å². The highest BCUT2D eigenvalue weighted by atomic mass is 35.5. The van der Waals surface area contributed by atoms with Crippen LogP contribution in [0, 0.1) is 13.8 Å². The lowest BCUT2D eigenvalue weighted by molar-refractivity contribution is 0.528. The van der Waals surface area contributed by atoms with Crippen molar-refractivity contribution in [1.29, 1.82) is 0 Å². The van der Waals surface area contributed by atoms with E-state index in [0.29, 0.717) is 27.7 Å². The molecule has 2 aromatic carbocycles. The molecule has 0 radical (unpaired) electrons. The molecule has 4 rings (SSSR count). The van der Waals surface area contributed by atoms with Crippen LogP contribution in [0.15, 0.2) is 52.0 Å². The zero-order chi connectivity index (χ0) is 18.8. The number of benzene rings is 2. The fourth-order valence-corrected chi connectivity index (χ4v) is 3.29. The molecule has 2 heterocycles. The van der Waals surface area contributed by atoms with Gasteiger partial charge in [-0.05, 0) is 71.8 Å². The highest BCUT2D eigenvalue weighted by Gasteiger charge is 2.13. The van der Waals surface area contributed by atoms with E-state index in [0.717, 1.165) is 11.3 Å². The van der Waals surface area contributed by atoms with Gasteiger partial charge in [-0.3, -0.25) is 0 Å². The molecule has 136 valence electrons. The van der Waals surface area contributed by atoms with E-state index in [1.807, 2.05) is 18.2 Å². The normalized spacial score (nSPS) is 11.1. The smallest absolute Gasteiger partial charge is 0.247 e. The number of hydrogen-bond donors (Lipinski definition) is 0. The van der Waals surface area contributed by atoms with E-state index in [1.54, 1.807) is 16.8 Å². The predicted molar refractivity (Wildman–Crippen MR) is 103 cm³/mol. The van der Waals surface area contributed by atoms with Gasteiger partial charge in [0, 0.05) is 10.6 Å². The first kappa shape index (κ1) is 17.7. The van der Waals surface area contributed by atoms with Crippen LogP contribution in [0.25, 0.3) is 17.1 Å². The van der Waals surface area contributed by atoms with E-state index in [4.69, 9.17) is 16.0 Å². The van der Waals surface area contributed by atoms with Crippen LogP contribution in [-0.4, -0.2) is 30.4 Å². The molecular weight excluding hydrogens is 384 g/mol. The number of tetrazole rings is 1. The van der Waals surface area contributed by atoms with E-state index in [9.17, 15) is 0 Å². The maximum atomic E-state index is 5.90. The highest BCUT2D eigenvalue weighted by Crippen LogP contribution is 2.25. The first-order chi connectivity index (χ1) is 13.1. The summed E-state index contributed by atoms with van der Waals surface area (Å²) in [4.78, 5) is 0. The largest absolute Gasteiger partial charge is 0.420 e. The zero-order valence-corrected chi connectivity index (χ0v) is 16.2. The Bertz CT molecular complexity index is 1080. The van der Waals surface area contributed by atoms with Crippen LogP contribution in [0.3, 0.4) is 0 Å². The Morgan fingerprint density at radius 3 is 2.59 bits per heavy atom. The maximum Gasteiger partial charge on any atom is 0.247 e. The first-order valence-electron chi connectivity index (χ1n) is 8.17. The van der Waals surface area contributed by atoms with Gasteiger partial charge in [-0.25, -0.2) is 0 Å². The maximum absolute atomic E-state index is 5.90. The molecule has 2 aromatic heterocycles. The molecule has 0 unspecified atom stereocenters. The molecule has 0 fully saturated rings. The summed E-state index contributed by atoms with van der Waals surface area (Å²) in [7, 11) is 0. The molecular formula is C18H15ClN6OS. The molecule has 7 nitrogen and oxygen atoms in total. The van der Waals surface area contributed by atoms with E-state index in [-0.39, 0.29) is 0 Å². The molecule has 0 saturated heterocycles. The van der Waals surface area contributed by atoms with Crippen molar-refractivity contribution < 1.29 is 4.42 Å². The number of aromatic nitrogens is 6. The summed E-state index contributed by atoms with van der Waals surface area (Å²) >= 11 is 7.34. The van der Waals surface area contributed by atoms with Gasteiger partial charge in [-0.2, -0.15) is 4.68 Å². The van der Waals surface area contributed by atoms with Crippen LogP contribution in [-0.2, 0) is 5.75 Å². The SMILES string of the molecule is Cc1ccc(-n2nnnc2SCc2nnc(-c3ccc(Cl)cc3)o2)cc1C. The van der Waals surface area contributed by atoms with Crippen molar-refractivity contribution in [2.75, 3.05) is 0 Å². The number of halogens is 1. The van der Waals surface area contributed by atoms with Crippen molar-refractivity contribution in [1.82, 2.24) is 30.4 Å². The fraction of sp³-hybridized carbons (Fsp3) is 0.167. The second kappa shape index (κ2) is 7.50. The Labute approximate surface area is 164 Å². The summed E-state index contributed by atoms with van der Waals surface area (Å²) in [6.45, 7) is 4.13. The van der Waals surface area contributed by atoms with Crippen molar-refractivity contribution in [3.63, 3.8) is 0 Å². The Morgan fingerprint density at radius 1 is 1.00 bits per heavy atom. The van der Waals surface area contributed by atoms with Crippen molar-refractivity contribution in [3.05, 3.63) is 64.5 Å². The minimum atomic E-state index is 0.455. The average molecular weight is 399 g/mol. The molecule has 0 amide bonds. The van der Waals surface area contributed by atoms with Crippen LogP contribution >= 0.6 is 23.4 Å². The Hall–Kier alpha value is -2.71. The lowest BCUT2D eigenvalue weighted by Gasteiger charge is -2.06. The molecule has 0 aliphatic heterocycles. The first-order valence-corrected chi connectivity index (χ1v) is 9.53. The Balaban J connectivity index is 1.49. The summed E-state index contributed by atoms with van der Waals surface area (Å²) in [5.74, 6) is 1.42. The van der Waals surface area contributed by atoms with E-state index in [2.05, 4.69) is 51.7 Å². The van der Waals surface area contributed by atoms with Crippen molar-refractivity contribution in [3.8, 4) is 17.1 Å². The molecule has 0 aliphatic carbocycles. The van der Waals surface area contributed by atoms with Crippen LogP contribution in [0.4, 0.5) is 0 Å². The monoisotopic (exact) mass is 398 g/mol. The molecule has 0 atom stereocenters. The summed E-state index contributed by atoms with van der Waals surface area (Å²) in [6, 6.07) is 13.4. The summed E-state index contributed by atoms with van der Waals surface area (Å²) < 4.78 is 7.43. The van der Waals surface area contributed by atoms with Crippen LogP contribution in [0.2, 0.25) is 5.02 Å². The van der Waals surface area contributed by atoms with Crippen LogP contribution in [0.5, 0.6) is 0 Å². The lowest BCUT2D eigenvalue weighted by atomic mass is 10.1. The number of hydrogen-bond acceptors (Lipinski definition) is 7. The van der Waals surface area contributed by atoms with E-state index in [1.165, 1.54) is 22.9 Å². The van der Waals surface area contributed by atoms with Crippen LogP contribution in [0.1, 0.15) is 17.0 Å². The average Bonchev–Trinajstić information content (AvgIpc) is 3.32. The van der Waals surface area contributed by atoms with Gasteiger partial charge in [-0.1, -0.05) is 29.4 Å². The minimum Gasteiger partial charge on any atom is -0.420 e. The molecule has 0 N–H and O–H groups in total. The van der Waals surface area contributed by atoms with Crippen LogP contribution < -0.4 is 0 Å². The predicted octanol–water partition coefficient (Wildman–Crippen LogP) is 4.27. The molecule has 9 heteroatoms. The standard InChI is InChI=1S/C18H15ClN6OS/c1-11-3-8-15(9-12(11)2)25-18(22-23-24-25)27-10-16-20-21-17(26-16)13-4-6-14(19)7-5-13/h3-9H,10H2,1-2H3. The van der Waals surface area contributed by atoms with Crippen molar-refractivity contribution >= 4 is 23.4 Å². The Kier molecular flexibility index (Phi) is 4.91. The third kappa shape index (κ3) is 3.86. The fourth-order valence-electron chi connectivity index (χ4n) is 2.44. The van der Waals surface area contributed by atoms with Gasteiger partial charge >= 0.3 is 0 Å². The topological polar surface area (TPSA) is 82.5 Å². The zero-order valence-electron chi connectivity index (χ0n) is 14.6. The highest BCUT2D eigenvalue weighted by molar-refractivity contribution is 7.98. The van der Waals surface area contributed by atoms with Gasteiger partial charge in [0.15, 0.2) is 0 Å². The number of aryl methyl sites for hydroxylation is 2. The van der Waals surface area contributed by atoms with Gasteiger partial charge < -0.3 is 4.42 Å². The number of nitrogens with zero attached hydrogens (tertiary/aromatic N) is 6. The summed E-state index contributed by atoms with van der Waals surface area (Å²) in [5, 5.41) is 21.5. The lowest BCUT2D eigenvalue weighted by Crippen LogP contribution is -2.00. The third-order valence-electron chi connectivity index (χ3n) is 4.06. The van der Waals surface area contributed by atoms with Gasteiger partial charge in [-0.15, -0.1) is 15.3 Å². The molecule has 0 aliphatic rings. The van der Waals surface area contributed by atoms with Gasteiger partial charge in [0.1, 0.15) is 0 Å². The second-order valence-electron chi connectivity index (χ2n) is 5.94. The van der Waals surface area contributed by atoms with Gasteiger partial charge in [0.05, 0.1) is 11.4 Å². The molecule has 27 heavy (non-hydrogen) atoms. The summed E-state index contributed by atoms with van der Waals surface area (Å²) in [5.41, 5.74) is 4.14. The summed E-state index contributed by atoms with van der Waals surface area (Å²) in [6.07, 6.45) is 0. The van der Waals surface area contributed by atoms with Crippen molar-refractivity contribution in [2.45, 2.75) is 24.8 Å². The number of thioether (sulfide) groups is 1. The Morgan fingerprint density at radius 2 is 1.81 bits per heavy atom. The number of rotatable bonds is 5. The van der Waals surface area contributed by atoms with Crippen molar-refractivity contribution in [2.24, 2.45) is 0 Å². The third-order valence-corrected chi connectivity index (χ3v) is 5.21. The molecule has 0 spiro atoms. The second-order valence-corrected chi connectivity index (χ2v) is 7.32. The molecule has 0 bridgehead atoms. The van der Waals surface area contributed by atoms with E-state index < -0.39 is 0 Å². The quantitative estimate of drug-likeness (QED) is 0.464. The van der Waals surface area contributed by atoms with Gasteiger partial charge in [0.2, 0.25) is 16.9 Å². The molecule has 4 aromatic rings.